The van der Waals surface area contributed by atoms with Crippen LogP contribution in [-0.4, -0.2) is 17.8 Å². The van der Waals surface area contributed by atoms with E-state index in [2.05, 4.69) is 0 Å². The number of hydrogen-bond acceptors (Lipinski definition) is 2. The quantitative estimate of drug-likeness (QED) is 0.840. The summed E-state index contributed by atoms with van der Waals surface area (Å²) in [5.41, 5.74) is 7.79. The first kappa shape index (κ1) is 11.8. The van der Waals surface area contributed by atoms with Crippen LogP contribution >= 0.6 is 0 Å². The summed E-state index contributed by atoms with van der Waals surface area (Å²) in [4.78, 5) is 0. The first-order valence-corrected chi connectivity index (χ1v) is 5.81. The summed E-state index contributed by atoms with van der Waals surface area (Å²) in [7, 11) is 0. The van der Waals surface area contributed by atoms with E-state index in [4.69, 9.17) is 5.73 Å². The highest BCUT2D eigenvalue weighted by atomic mass is 16.3. The molecule has 88 valence electrons. The van der Waals surface area contributed by atoms with Crippen molar-refractivity contribution in [1.82, 2.24) is 0 Å². The molecule has 0 radical (unpaired) electrons. The summed E-state index contributed by atoms with van der Waals surface area (Å²) in [6.45, 7) is 0.258. The molecule has 17 heavy (non-hydrogen) atoms. The zero-order chi connectivity index (χ0) is 12.1. The van der Waals surface area contributed by atoms with Crippen molar-refractivity contribution in [1.29, 1.82) is 0 Å². The first-order chi connectivity index (χ1) is 8.33. The lowest BCUT2D eigenvalue weighted by Gasteiger charge is -2.22. The van der Waals surface area contributed by atoms with Gasteiger partial charge in [0.1, 0.15) is 0 Å². The average Bonchev–Trinajstić information content (AvgIpc) is 2.41. The van der Waals surface area contributed by atoms with Crippen LogP contribution in [0.15, 0.2) is 60.7 Å². The van der Waals surface area contributed by atoms with Gasteiger partial charge in [0, 0.05) is 12.5 Å². The van der Waals surface area contributed by atoms with Crippen LogP contribution in [0.5, 0.6) is 0 Å². The molecule has 0 aromatic heterocycles. The highest BCUT2D eigenvalue weighted by Gasteiger charge is 2.21. The van der Waals surface area contributed by atoms with Crippen molar-refractivity contribution in [3.8, 4) is 0 Å². The molecule has 0 aliphatic carbocycles. The molecule has 0 aliphatic heterocycles. The Bertz CT molecular complexity index is 401. The Morgan fingerprint density at radius 3 is 1.59 bits per heavy atom. The van der Waals surface area contributed by atoms with Crippen molar-refractivity contribution in [2.24, 2.45) is 5.73 Å². The molecule has 2 nitrogen and oxygen atoms in total. The summed E-state index contributed by atoms with van der Waals surface area (Å²) in [6, 6.07) is 20.0. The smallest absolute Gasteiger partial charge is 0.0771 e. The van der Waals surface area contributed by atoms with E-state index in [0.29, 0.717) is 0 Å². The largest absolute Gasteiger partial charge is 0.391 e. The Kier molecular flexibility index (Phi) is 3.91. The fraction of sp³-hybridized carbons (Fsp3) is 0.200. The Balaban J connectivity index is 2.39. The molecule has 2 aromatic carbocycles. The zero-order valence-corrected chi connectivity index (χ0v) is 9.66. The maximum absolute atomic E-state index is 10.1. The molecule has 0 unspecified atom stereocenters. The predicted molar refractivity (Wildman–Crippen MR) is 69.8 cm³/mol. The van der Waals surface area contributed by atoms with Gasteiger partial charge in [-0.1, -0.05) is 60.7 Å². The van der Waals surface area contributed by atoms with Crippen LogP contribution in [0.1, 0.15) is 17.0 Å². The molecule has 0 heterocycles. The Morgan fingerprint density at radius 1 is 0.824 bits per heavy atom. The minimum Gasteiger partial charge on any atom is -0.391 e. The second kappa shape index (κ2) is 5.62. The fourth-order valence-corrected chi connectivity index (χ4v) is 2.09. The lowest BCUT2D eigenvalue weighted by atomic mass is 9.87. The van der Waals surface area contributed by atoms with Gasteiger partial charge in [0.15, 0.2) is 0 Å². The zero-order valence-electron chi connectivity index (χ0n) is 9.66. The number of benzene rings is 2. The Morgan fingerprint density at radius 2 is 1.24 bits per heavy atom. The van der Waals surface area contributed by atoms with E-state index in [9.17, 15) is 5.11 Å². The summed E-state index contributed by atoms with van der Waals surface area (Å²) in [5.74, 6) is -0.0533. The van der Waals surface area contributed by atoms with E-state index in [-0.39, 0.29) is 12.5 Å². The third kappa shape index (κ3) is 2.73. The average molecular weight is 227 g/mol. The van der Waals surface area contributed by atoms with E-state index in [1.165, 1.54) is 0 Å². The van der Waals surface area contributed by atoms with E-state index in [0.717, 1.165) is 11.1 Å². The molecule has 2 heteroatoms. The Hall–Kier alpha value is -1.64. The standard InChI is InChI=1S/C15H17NO/c16-11-14(17)15(12-7-3-1-4-8-12)13-9-5-2-6-10-13/h1-10,14-15,17H,11,16H2/t14-/m0/s1. The van der Waals surface area contributed by atoms with Gasteiger partial charge in [-0.2, -0.15) is 0 Å². The highest BCUT2D eigenvalue weighted by Crippen LogP contribution is 2.27. The molecule has 0 amide bonds. The van der Waals surface area contributed by atoms with Gasteiger partial charge in [-0.05, 0) is 11.1 Å². The van der Waals surface area contributed by atoms with Crippen molar-refractivity contribution in [2.75, 3.05) is 6.54 Å². The van der Waals surface area contributed by atoms with Crippen molar-refractivity contribution >= 4 is 0 Å². The van der Waals surface area contributed by atoms with Gasteiger partial charge in [0.25, 0.3) is 0 Å². The third-order valence-electron chi connectivity index (χ3n) is 2.94. The van der Waals surface area contributed by atoms with Crippen molar-refractivity contribution in [2.45, 2.75) is 12.0 Å². The van der Waals surface area contributed by atoms with Crippen LogP contribution in [0.3, 0.4) is 0 Å². The molecule has 3 N–H and O–H groups in total. The van der Waals surface area contributed by atoms with Gasteiger partial charge < -0.3 is 10.8 Å². The van der Waals surface area contributed by atoms with Crippen molar-refractivity contribution in [3.63, 3.8) is 0 Å². The third-order valence-corrected chi connectivity index (χ3v) is 2.94. The van der Waals surface area contributed by atoms with Crippen LogP contribution in [0.2, 0.25) is 0 Å². The Labute approximate surface area is 102 Å². The molecule has 2 aromatic rings. The second-order valence-corrected chi connectivity index (χ2v) is 4.10. The molecule has 0 fully saturated rings. The summed E-state index contributed by atoms with van der Waals surface area (Å²) >= 11 is 0. The van der Waals surface area contributed by atoms with Crippen molar-refractivity contribution < 1.29 is 5.11 Å². The van der Waals surface area contributed by atoms with Gasteiger partial charge in [-0.15, -0.1) is 0 Å². The molecule has 0 aliphatic rings. The van der Waals surface area contributed by atoms with Crippen LogP contribution in [-0.2, 0) is 0 Å². The highest BCUT2D eigenvalue weighted by molar-refractivity contribution is 5.33. The maximum Gasteiger partial charge on any atom is 0.0771 e. The van der Waals surface area contributed by atoms with E-state index < -0.39 is 6.10 Å². The van der Waals surface area contributed by atoms with Gasteiger partial charge in [0.2, 0.25) is 0 Å². The fourth-order valence-electron chi connectivity index (χ4n) is 2.09. The van der Waals surface area contributed by atoms with Gasteiger partial charge in [0.05, 0.1) is 6.10 Å². The van der Waals surface area contributed by atoms with E-state index in [1.54, 1.807) is 0 Å². The number of aliphatic hydroxyl groups is 1. The minimum absolute atomic E-state index is 0.0533. The molecule has 0 spiro atoms. The summed E-state index contributed by atoms with van der Waals surface area (Å²) in [6.07, 6.45) is -0.556. The molecular formula is C15H17NO. The number of nitrogens with two attached hydrogens (primary N) is 1. The molecule has 2 rings (SSSR count). The molecule has 0 bridgehead atoms. The van der Waals surface area contributed by atoms with Crippen LogP contribution < -0.4 is 5.73 Å². The van der Waals surface area contributed by atoms with E-state index in [1.807, 2.05) is 60.7 Å². The maximum atomic E-state index is 10.1. The topological polar surface area (TPSA) is 46.2 Å². The summed E-state index contributed by atoms with van der Waals surface area (Å²) < 4.78 is 0. The minimum atomic E-state index is -0.556. The van der Waals surface area contributed by atoms with Crippen LogP contribution in [0.4, 0.5) is 0 Å². The normalized spacial score (nSPS) is 12.6. The lowest BCUT2D eigenvalue weighted by molar-refractivity contribution is 0.164. The van der Waals surface area contributed by atoms with E-state index >= 15 is 0 Å². The second-order valence-electron chi connectivity index (χ2n) is 4.10. The van der Waals surface area contributed by atoms with Gasteiger partial charge >= 0.3 is 0 Å². The SMILES string of the molecule is NC[C@H](O)C(c1ccccc1)c1ccccc1. The monoisotopic (exact) mass is 227 g/mol. The number of rotatable bonds is 4. The van der Waals surface area contributed by atoms with Crippen LogP contribution in [0, 0.1) is 0 Å². The van der Waals surface area contributed by atoms with Crippen molar-refractivity contribution in [3.05, 3.63) is 71.8 Å². The van der Waals surface area contributed by atoms with Gasteiger partial charge in [-0.25, -0.2) is 0 Å². The van der Waals surface area contributed by atoms with Crippen LogP contribution in [0.25, 0.3) is 0 Å². The molecular weight excluding hydrogens is 210 g/mol. The number of aliphatic hydroxyl groups excluding tert-OH is 1. The molecule has 1 atom stereocenters. The predicted octanol–water partition coefficient (Wildman–Crippen LogP) is 2.14. The first-order valence-electron chi connectivity index (χ1n) is 5.81. The molecule has 0 saturated heterocycles. The number of hydrogen-bond donors (Lipinski definition) is 2. The lowest BCUT2D eigenvalue weighted by Crippen LogP contribution is -2.28. The molecule has 0 saturated carbocycles. The summed E-state index contributed by atoms with van der Waals surface area (Å²) in [5, 5.41) is 10.1. The van der Waals surface area contributed by atoms with Gasteiger partial charge in [-0.3, -0.25) is 0 Å².